The summed E-state index contributed by atoms with van der Waals surface area (Å²) >= 11 is 0. The summed E-state index contributed by atoms with van der Waals surface area (Å²) in [6.45, 7) is 0.246. The molecule has 1 nitrogen and oxygen atoms in total. The second kappa shape index (κ2) is 3.35. The number of fused-ring (bicyclic) bond motifs is 3. The van der Waals surface area contributed by atoms with Crippen LogP contribution < -0.4 is 0 Å². The van der Waals surface area contributed by atoms with E-state index in [1.54, 1.807) is 0 Å². The minimum Gasteiger partial charge on any atom is -0.396 e. The molecule has 1 aromatic carbocycles. The molecular weight excluding hydrogens is 184 g/mol. The van der Waals surface area contributed by atoms with E-state index in [1.807, 2.05) is 0 Å². The summed E-state index contributed by atoms with van der Waals surface area (Å²) in [5.74, 6) is 1.22. The maximum atomic E-state index is 9.49. The summed E-state index contributed by atoms with van der Waals surface area (Å²) in [5.41, 5.74) is 2.72. The molecule has 0 radical (unpaired) electrons. The fourth-order valence-corrected chi connectivity index (χ4v) is 2.90. The topological polar surface area (TPSA) is 20.2 Å². The van der Waals surface area contributed by atoms with Crippen LogP contribution in [0, 0.1) is 5.92 Å². The van der Waals surface area contributed by atoms with E-state index in [0.29, 0.717) is 11.8 Å². The molecule has 0 spiro atoms. The standard InChI is InChI=1S/C14H14O/c15-9-14-12-7-3-1-5-10(12)11-6-2-4-8-13(11)14/h1-8,10,12,14-15H,9H2. The predicted octanol–water partition coefficient (Wildman–Crippen LogP) is 2.60. The summed E-state index contributed by atoms with van der Waals surface area (Å²) in [6, 6.07) is 8.48. The molecule has 1 heteroatoms. The summed E-state index contributed by atoms with van der Waals surface area (Å²) in [7, 11) is 0. The van der Waals surface area contributed by atoms with E-state index in [-0.39, 0.29) is 12.5 Å². The van der Waals surface area contributed by atoms with E-state index in [2.05, 4.69) is 48.6 Å². The molecule has 0 aromatic heterocycles. The van der Waals surface area contributed by atoms with Gasteiger partial charge in [-0.25, -0.2) is 0 Å². The van der Waals surface area contributed by atoms with Crippen LogP contribution in [0.2, 0.25) is 0 Å². The molecule has 0 heterocycles. The second-order valence-electron chi connectivity index (χ2n) is 4.29. The van der Waals surface area contributed by atoms with Crippen molar-refractivity contribution in [2.24, 2.45) is 5.92 Å². The highest BCUT2D eigenvalue weighted by Gasteiger charge is 2.37. The highest BCUT2D eigenvalue weighted by Crippen LogP contribution is 2.48. The van der Waals surface area contributed by atoms with Crippen molar-refractivity contribution in [3.8, 4) is 0 Å². The van der Waals surface area contributed by atoms with Crippen molar-refractivity contribution in [2.75, 3.05) is 6.61 Å². The lowest BCUT2D eigenvalue weighted by molar-refractivity contribution is 0.244. The van der Waals surface area contributed by atoms with Crippen molar-refractivity contribution in [3.05, 3.63) is 59.7 Å². The fraction of sp³-hybridized carbons (Fsp3) is 0.286. The molecule has 15 heavy (non-hydrogen) atoms. The monoisotopic (exact) mass is 198 g/mol. The first-order valence-corrected chi connectivity index (χ1v) is 5.46. The summed E-state index contributed by atoms with van der Waals surface area (Å²) < 4.78 is 0. The molecule has 0 fully saturated rings. The van der Waals surface area contributed by atoms with E-state index in [1.165, 1.54) is 11.1 Å². The Morgan fingerprint density at radius 3 is 2.53 bits per heavy atom. The van der Waals surface area contributed by atoms with E-state index in [9.17, 15) is 5.11 Å². The zero-order valence-electron chi connectivity index (χ0n) is 8.51. The van der Waals surface area contributed by atoms with Gasteiger partial charge >= 0.3 is 0 Å². The van der Waals surface area contributed by atoms with Gasteiger partial charge in [-0.05, 0) is 17.0 Å². The molecule has 3 unspecified atom stereocenters. The Labute approximate surface area is 89.8 Å². The predicted molar refractivity (Wildman–Crippen MR) is 60.8 cm³/mol. The van der Waals surface area contributed by atoms with Crippen molar-refractivity contribution < 1.29 is 5.11 Å². The molecule has 3 rings (SSSR count). The fourth-order valence-electron chi connectivity index (χ4n) is 2.90. The van der Waals surface area contributed by atoms with Crippen LogP contribution in [0.3, 0.4) is 0 Å². The number of aliphatic hydroxyl groups is 1. The third-order valence-corrected chi connectivity index (χ3v) is 3.59. The largest absolute Gasteiger partial charge is 0.396 e. The first-order chi connectivity index (χ1) is 7.42. The zero-order chi connectivity index (χ0) is 10.3. The van der Waals surface area contributed by atoms with Gasteiger partial charge in [0.05, 0.1) is 6.61 Å². The number of hydrogen-bond donors (Lipinski definition) is 1. The Hall–Kier alpha value is -1.34. The van der Waals surface area contributed by atoms with E-state index in [0.717, 1.165) is 0 Å². The molecule has 2 aliphatic carbocycles. The van der Waals surface area contributed by atoms with Gasteiger partial charge in [-0.3, -0.25) is 0 Å². The van der Waals surface area contributed by atoms with Crippen LogP contribution in [0.25, 0.3) is 0 Å². The lowest BCUT2D eigenvalue weighted by Gasteiger charge is -2.20. The first-order valence-electron chi connectivity index (χ1n) is 5.46. The number of benzene rings is 1. The van der Waals surface area contributed by atoms with Crippen LogP contribution in [0.5, 0.6) is 0 Å². The van der Waals surface area contributed by atoms with Gasteiger partial charge in [0.15, 0.2) is 0 Å². The van der Waals surface area contributed by atoms with Crippen molar-refractivity contribution in [1.29, 1.82) is 0 Å². The molecule has 76 valence electrons. The first kappa shape index (κ1) is 8.93. The van der Waals surface area contributed by atoms with Crippen molar-refractivity contribution in [1.82, 2.24) is 0 Å². The van der Waals surface area contributed by atoms with Crippen LogP contribution in [0.15, 0.2) is 48.6 Å². The highest BCUT2D eigenvalue weighted by molar-refractivity contribution is 5.46. The quantitative estimate of drug-likeness (QED) is 0.735. The van der Waals surface area contributed by atoms with Gasteiger partial charge in [-0.15, -0.1) is 0 Å². The Kier molecular flexibility index (Phi) is 2.00. The van der Waals surface area contributed by atoms with E-state index in [4.69, 9.17) is 0 Å². The number of aliphatic hydroxyl groups excluding tert-OH is 1. The van der Waals surface area contributed by atoms with Crippen LogP contribution in [0.4, 0.5) is 0 Å². The second-order valence-corrected chi connectivity index (χ2v) is 4.29. The lowest BCUT2D eigenvalue weighted by Crippen LogP contribution is -2.13. The van der Waals surface area contributed by atoms with Crippen LogP contribution >= 0.6 is 0 Å². The average Bonchev–Trinajstić information content (AvgIpc) is 2.63. The summed E-state index contributed by atoms with van der Waals surface area (Å²) in [6.07, 6.45) is 8.68. The maximum Gasteiger partial charge on any atom is 0.0505 e. The molecule has 0 saturated heterocycles. The van der Waals surface area contributed by atoms with Gasteiger partial charge in [0.2, 0.25) is 0 Å². The lowest BCUT2D eigenvalue weighted by atomic mass is 9.84. The SMILES string of the molecule is OCC1c2ccccc2C2C=CC=CC21. The molecular formula is C14H14O. The van der Waals surface area contributed by atoms with Gasteiger partial charge in [0.25, 0.3) is 0 Å². The van der Waals surface area contributed by atoms with Gasteiger partial charge in [-0.2, -0.15) is 0 Å². The average molecular weight is 198 g/mol. The molecule has 0 saturated carbocycles. The Morgan fingerprint density at radius 2 is 1.73 bits per heavy atom. The number of rotatable bonds is 1. The number of allylic oxidation sites excluding steroid dienone is 4. The van der Waals surface area contributed by atoms with Gasteiger partial charge < -0.3 is 5.11 Å². The molecule has 0 bridgehead atoms. The van der Waals surface area contributed by atoms with Crippen LogP contribution in [0.1, 0.15) is 23.0 Å². The van der Waals surface area contributed by atoms with Gasteiger partial charge in [0.1, 0.15) is 0 Å². The normalized spacial score (nSPS) is 31.4. The molecule has 0 amide bonds. The molecule has 1 N–H and O–H groups in total. The molecule has 1 aromatic rings. The van der Waals surface area contributed by atoms with Crippen LogP contribution in [-0.4, -0.2) is 11.7 Å². The maximum absolute atomic E-state index is 9.49. The minimum atomic E-state index is 0.246. The minimum absolute atomic E-state index is 0.246. The van der Waals surface area contributed by atoms with Crippen molar-refractivity contribution in [3.63, 3.8) is 0 Å². The van der Waals surface area contributed by atoms with Crippen LogP contribution in [-0.2, 0) is 0 Å². The van der Waals surface area contributed by atoms with Gasteiger partial charge in [-0.1, -0.05) is 48.6 Å². The summed E-state index contributed by atoms with van der Waals surface area (Å²) in [4.78, 5) is 0. The Bertz CT molecular complexity index is 431. The third kappa shape index (κ3) is 1.20. The number of hydrogen-bond acceptors (Lipinski definition) is 1. The van der Waals surface area contributed by atoms with E-state index < -0.39 is 0 Å². The smallest absolute Gasteiger partial charge is 0.0505 e. The van der Waals surface area contributed by atoms with Gasteiger partial charge in [0, 0.05) is 11.8 Å². The Morgan fingerprint density at radius 1 is 1.00 bits per heavy atom. The van der Waals surface area contributed by atoms with Crippen molar-refractivity contribution in [2.45, 2.75) is 11.8 Å². The molecule has 3 atom stereocenters. The molecule has 2 aliphatic rings. The van der Waals surface area contributed by atoms with E-state index >= 15 is 0 Å². The summed E-state index contributed by atoms with van der Waals surface area (Å²) in [5, 5.41) is 9.49. The van der Waals surface area contributed by atoms with Crippen molar-refractivity contribution >= 4 is 0 Å². The Balaban J connectivity index is 2.14. The highest BCUT2D eigenvalue weighted by atomic mass is 16.3. The molecule has 0 aliphatic heterocycles. The third-order valence-electron chi connectivity index (χ3n) is 3.59. The zero-order valence-corrected chi connectivity index (χ0v) is 8.51.